The third-order valence-corrected chi connectivity index (χ3v) is 4.30. The summed E-state index contributed by atoms with van der Waals surface area (Å²) in [6, 6.07) is 6.61. The average Bonchev–Trinajstić information content (AvgIpc) is 2.82. The quantitative estimate of drug-likeness (QED) is 0.893. The molecule has 1 N–H and O–H groups in total. The van der Waals surface area contributed by atoms with E-state index in [1.54, 1.807) is 0 Å². The van der Waals surface area contributed by atoms with E-state index in [9.17, 15) is 0 Å². The number of hydrogen-bond donors (Lipinski definition) is 1. The highest BCUT2D eigenvalue weighted by molar-refractivity contribution is 5.76. The Bertz CT molecular complexity index is 562. The Labute approximate surface area is 115 Å². The van der Waals surface area contributed by atoms with Crippen LogP contribution in [0, 0.1) is 0 Å². The van der Waals surface area contributed by atoms with Gasteiger partial charge in [-0.25, -0.2) is 4.98 Å². The van der Waals surface area contributed by atoms with Crippen molar-refractivity contribution < 1.29 is 0 Å². The molecular weight excluding hydrogens is 234 g/mol. The van der Waals surface area contributed by atoms with E-state index in [2.05, 4.69) is 49.0 Å². The smallest absolute Gasteiger partial charge is 0.110 e. The number of fused-ring (bicyclic) bond motifs is 1. The fourth-order valence-corrected chi connectivity index (χ4v) is 2.88. The summed E-state index contributed by atoms with van der Waals surface area (Å²) in [6.07, 6.45) is 2.43. The predicted molar refractivity (Wildman–Crippen MR) is 79.7 cm³/mol. The third kappa shape index (κ3) is 2.52. The van der Waals surface area contributed by atoms with E-state index in [1.165, 1.54) is 42.8 Å². The number of aromatic amines is 1. The van der Waals surface area contributed by atoms with Crippen LogP contribution in [0.5, 0.6) is 0 Å². The van der Waals surface area contributed by atoms with Crippen molar-refractivity contribution in [3.8, 4) is 0 Å². The minimum atomic E-state index is 0.569. The molecule has 19 heavy (non-hydrogen) atoms. The zero-order valence-electron chi connectivity index (χ0n) is 12.1. The van der Waals surface area contributed by atoms with Crippen LogP contribution in [-0.4, -0.2) is 35.0 Å². The molecule has 0 spiro atoms. The van der Waals surface area contributed by atoms with E-state index in [1.807, 2.05) is 0 Å². The van der Waals surface area contributed by atoms with Crippen molar-refractivity contribution in [2.24, 2.45) is 0 Å². The minimum absolute atomic E-state index is 0.569. The van der Waals surface area contributed by atoms with Crippen molar-refractivity contribution in [1.82, 2.24) is 14.9 Å². The highest BCUT2D eigenvalue weighted by atomic mass is 15.1. The molecule has 0 saturated carbocycles. The van der Waals surface area contributed by atoms with Crippen molar-refractivity contribution in [1.29, 1.82) is 0 Å². The van der Waals surface area contributed by atoms with Crippen LogP contribution in [0.2, 0.25) is 0 Å². The van der Waals surface area contributed by atoms with Crippen molar-refractivity contribution >= 4 is 11.0 Å². The molecule has 2 aromatic rings. The normalized spacial score (nSPS) is 18.5. The van der Waals surface area contributed by atoms with Gasteiger partial charge < -0.3 is 9.88 Å². The Balaban J connectivity index is 1.89. The first-order valence-corrected chi connectivity index (χ1v) is 7.31. The summed E-state index contributed by atoms with van der Waals surface area (Å²) in [5, 5.41) is 0. The predicted octanol–water partition coefficient (Wildman–Crippen LogP) is 3.50. The van der Waals surface area contributed by atoms with Gasteiger partial charge in [0.15, 0.2) is 0 Å². The lowest BCUT2D eigenvalue weighted by atomic mass is 9.97. The lowest BCUT2D eigenvalue weighted by Gasteiger charge is -2.27. The van der Waals surface area contributed by atoms with Crippen LogP contribution >= 0.6 is 0 Å². The van der Waals surface area contributed by atoms with Gasteiger partial charge in [0, 0.05) is 5.92 Å². The molecule has 0 bridgehead atoms. The van der Waals surface area contributed by atoms with Gasteiger partial charge in [0.05, 0.1) is 11.0 Å². The topological polar surface area (TPSA) is 31.9 Å². The van der Waals surface area contributed by atoms with Gasteiger partial charge in [-0.2, -0.15) is 0 Å². The van der Waals surface area contributed by atoms with Crippen LogP contribution in [0.4, 0.5) is 0 Å². The van der Waals surface area contributed by atoms with E-state index in [-0.39, 0.29) is 0 Å². The second-order valence-corrected chi connectivity index (χ2v) is 6.13. The number of piperidine rings is 1. The summed E-state index contributed by atoms with van der Waals surface area (Å²) in [7, 11) is 2.20. The maximum absolute atomic E-state index is 4.79. The number of rotatable bonds is 2. The molecule has 1 aromatic carbocycles. The van der Waals surface area contributed by atoms with Gasteiger partial charge in [-0.15, -0.1) is 0 Å². The summed E-state index contributed by atoms with van der Waals surface area (Å²) < 4.78 is 0. The zero-order chi connectivity index (χ0) is 13.4. The molecule has 3 nitrogen and oxygen atoms in total. The standard InChI is InChI=1S/C16H23N3/c1-11(2)13-4-5-14-15(10-13)18-16(17-14)12-6-8-19(3)9-7-12/h4-5,10-12H,6-9H2,1-3H3,(H,17,18). The van der Waals surface area contributed by atoms with E-state index in [4.69, 9.17) is 4.98 Å². The summed E-state index contributed by atoms with van der Waals surface area (Å²) in [6.45, 7) is 6.82. The lowest BCUT2D eigenvalue weighted by Crippen LogP contribution is -2.29. The van der Waals surface area contributed by atoms with E-state index in [0.717, 1.165) is 5.52 Å². The molecule has 0 aliphatic carbocycles. The first-order valence-electron chi connectivity index (χ1n) is 7.31. The molecular formula is C16H23N3. The fourth-order valence-electron chi connectivity index (χ4n) is 2.88. The first-order chi connectivity index (χ1) is 9.13. The highest BCUT2D eigenvalue weighted by Crippen LogP contribution is 2.28. The van der Waals surface area contributed by atoms with Crippen LogP contribution in [-0.2, 0) is 0 Å². The largest absolute Gasteiger partial charge is 0.342 e. The monoisotopic (exact) mass is 257 g/mol. The van der Waals surface area contributed by atoms with Gasteiger partial charge in [0.25, 0.3) is 0 Å². The van der Waals surface area contributed by atoms with Crippen molar-refractivity contribution in [2.75, 3.05) is 20.1 Å². The minimum Gasteiger partial charge on any atom is -0.342 e. The number of aromatic nitrogens is 2. The summed E-state index contributed by atoms with van der Waals surface area (Å²) in [5.74, 6) is 2.36. The van der Waals surface area contributed by atoms with Gasteiger partial charge >= 0.3 is 0 Å². The molecule has 0 atom stereocenters. The van der Waals surface area contributed by atoms with E-state index in [0.29, 0.717) is 11.8 Å². The van der Waals surface area contributed by atoms with Gasteiger partial charge in [0.2, 0.25) is 0 Å². The van der Waals surface area contributed by atoms with Gasteiger partial charge in [-0.1, -0.05) is 19.9 Å². The Hall–Kier alpha value is -1.35. The van der Waals surface area contributed by atoms with Crippen LogP contribution in [0.3, 0.4) is 0 Å². The maximum Gasteiger partial charge on any atom is 0.110 e. The molecule has 0 amide bonds. The van der Waals surface area contributed by atoms with Crippen molar-refractivity contribution in [3.63, 3.8) is 0 Å². The van der Waals surface area contributed by atoms with Crippen LogP contribution in [0.25, 0.3) is 11.0 Å². The Morgan fingerprint density at radius 3 is 2.68 bits per heavy atom. The third-order valence-electron chi connectivity index (χ3n) is 4.30. The molecule has 1 saturated heterocycles. The molecule has 2 heterocycles. The Morgan fingerprint density at radius 1 is 1.26 bits per heavy atom. The zero-order valence-corrected chi connectivity index (χ0v) is 12.1. The lowest BCUT2D eigenvalue weighted by molar-refractivity contribution is 0.252. The summed E-state index contributed by atoms with van der Waals surface area (Å²) in [5.41, 5.74) is 3.68. The summed E-state index contributed by atoms with van der Waals surface area (Å²) >= 11 is 0. The van der Waals surface area contributed by atoms with Crippen molar-refractivity contribution in [2.45, 2.75) is 38.5 Å². The molecule has 1 aliphatic heterocycles. The Morgan fingerprint density at radius 2 is 2.00 bits per heavy atom. The number of nitrogens with zero attached hydrogens (tertiary/aromatic N) is 2. The van der Waals surface area contributed by atoms with Gasteiger partial charge in [0.1, 0.15) is 5.82 Å². The van der Waals surface area contributed by atoms with Crippen LogP contribution in [0.15, 0.2) is 18.2 Å². The van der Waals surface area contributed by atoms with Gasteiger partial charge in [-0.05, 0) is 56.6 Å². The van der Waals surface area contributed by atoms with Crippen LogP contribution < -0.4 is 0 Å². The molecule has 1 aliphatic rings. The fraction of sp³-hybridized carbons (Fsp3) is 0.562. The SMILES string of the molecule is CC(C)c1ccc2nc(C3CCN(C)CC3)[nH]c2c1. The van der Waals surface area contributed by atoms with E-state index >= 15 is 0 Å². The highest BCUT2D eigenvalue weighted by Gasteiger charge is 2.21. The second kappa shape index (κ2) is 4.97. The molecule has 1 aromatic heterocycles. The molecule has 3 heteroatoms. The molecule has 0 unspecified atom stereocenters. The Kier molecular flexibility index (Phi) is 3.31. The number of imidazole rings is 1. The number of likely N-dealkylation sites (tertiary alicyclic amines) is 1. The number of nitrogens with one attached hydrogen (secondary N) is 1. The van der Waals surface area contributed by atoms with Crippen molar-refractivity contribution in [3.05, 3.63) is 29.6 Å². The first kappa shape index (κ1) is 12.7. The van der Waals surface area contributed by atoms with Gasteiger partial charge in [-0.3, -0.25) is 0 Å². The number of hydrogen-bond acceptors (Lipinski definition) is 2. The molecule has 0 radical (unpaired) electrons. The maximum atomic E-state index is 4.79. The second-order valence-electron chi connectivity index (χ2n) is 6.13. The van der Waals surface area contributed by atoms with E-state index < -0.39 is 0 Å². The average molecular weight is 257 g/mol. The molecule has 3 rings (SSSR count). The molecule has 1 fully saturated rings. The molecule has 102 valence electrons. The number of H-pyrrole nitrogens is 1. The number of benzene rings is 1. The summed E-state index contributed by atoms with van der Waals surface area (Å²) in [4.78, 5) is 10.7. The van der Waals surface area contributed by atoms with Crippen LogP contribution in [0.1, 0.15) is 49.9 Å².